The monoisotopic (exact) mass is 297 g/mol. The van der Waals surface area contributed by atoms with E-state index in [1.165, 1.54) is 25.1 Å². The summed E-state index contributed by atoms with van der Waals surface area (Å²) in [5, 5.41) is 11.6. The Balaban J connectivity index is 3.04. The molecular weight excluding hydrogens is 277 g/mol. The summed E-state index contributed by atoms with van der Waals surface area (Å²) in [7, 11) is 0. The van der Waals surface area contributed by atoms with Crippen molar-refractivity contribution in [1.29, 1.82) is 0 Å². The molecule has 0 fully saturated rings. The number of carbonyl (C=O) groups is 2. The van der Waals surface area contributed by atoms with Gasteiger partial charge in [0.25, 0.3) is 0 Å². The van der Waals surface area contributed by atoms with Gasteiger partial charge in [0.1, 0.15) is 11.4 Å². The van der Waals surface area contributed by atoms with Crippen LogP contribution in [0.3, 0.4) is 0 Å². The first kappa shape index (κ1) is 16.9. The summed E-state index contributed by atoms with van der Waals surface area (Å²) in [6.45, 7) is 6.61. The zero-order chi connectivity index (χ0) is 16.3. The van der Waals surface area contributed by atoms with Crippen molar-refractivity contribution in [2.45, 2.75) is 45.3 Å². The lowest BCUT2D eigenvalue weighted by Gasteiger charge is -2.31. The summed E-state index contributed by atoms with van der Waals surface area (Å²) in [5.74, 6) is -1.62. The summed E-state index contributed by atoms with van der Waals surface area (Å²) in [6.07, 6.45) is -1.15. The van der Waals surface area contributed by atoms with Gasteiger partial charge in [-0.2, -0.15) is 0 Å². The fraction of sp³-hybridized carbons (Fsp3) is 0.467. The predicted octanol–water partition coefficient (Wildman–Crippen LogP) is 3.04. The minimum atomic E-state index is -1.27. The van der Waals surface area contributed by atoms with Gasteiger partial charge in [-0.1, -0.05) is 12.1 Å². The van der Waals surface area contributed by atoms with E-state index in [9.17, 15) is 14.0 Å². The van der Waals surface area contributed by atoms with Crippen LogP contribution in [0.25, 0.3) is 0 Å². The van der Waals surface area contributed by atoms with Gasteiger partial charge in [-0.15, -0.1) is 0 Å². The maximum atomic E-state index is 13.4. The van der Waals surface area contributed by atoms with Gasteiger partial charge in [-0.25, -0.2) is 9.18 Å². The van der Waals surface area contributed by atoms with Crippen molar-refractivity contribution in [1.82, 2.24) is 5.32 Å². The summed E-state index contributed by atoms with van der Waals surface area (Å²) >= 11 is 0. The molecular formula is C15H20FNO4. The Morgan fingerprint density at radius 3 is 2.38 bits per heavy atom. The standard InChI is InChI=1S/C15H20FNO4/c1-14(2,3)21-13(20)17-15(4,9-12(18)19)10-6-5-7-11(16)8-10/h5-8H,9H2,1-4H3,(H,17,20)(H,18,19). The average Bonchev–Trinajstić information content (AvgIpc) is 2.24. The van der Waals surface area contributed by atoms with Crippen LogP contribution in [0, 0.1) is 5.82 Å². The third-order valence-corrected chi connectivity index (χ3v) is 2.74. The van der Waals surface area contributed by atoms with Gasteiger partial charge in [0, 0.05) is 0 Å². The largest absolute Gasteiger partial charge is 0.481 e. The molecule has 116 valence electrons. The predicted molar refractivity (Wildman–Crippen MR) is 75.4 cm³/mol. The van der Waals surface area contributed by atoms with E-state index in [4.69, 9.17) is 9.84 Å². The lowest BCUT2D eigenvalue weighted by atomic mass is 9.88. The minimum Gasteiger partial charge on any atom is -0.481 e. The molecule has 0 spiro atoms. The highest BCUT2D eigenvalue weighted by molar-refractivity contribution is 5.73. The van der Waals surface area contributed by atoms with Crippen LogP contribution in [0.15, 0.2) is 24.3 Å². The Bertz CT molecular complexity index is 539. The molecule has 1 atom stereocenters. The van der Waals surface area contributed by atoms with Crippen molar-refractivity contribution in [2.24, 2.45) is 0 Å². The van der Waals surface area contributed by atoms with E-state index in [2.05, 4.69) is 5.32 Å². The molecule has 0 bridgehead atoms. The highest BCUT2D eigenvalue weighted by Gasteiger charge is 2.33. The number of halogens is 1. The van der Waals surface area contributed by atoms with Crippen molar-refractivity contribution < 1.29 is 23.8 Å². The lowest BCUT2D eigenvalue weighted by molar-refractivity contribution is -0.138. The molecule has 1 aromatic carbocycles. The molecule has 1 unspecified atom stereocenters. The van der Waals surface area contributed by atoms with E-state index in [1.54, 1.807) is 26.8 Å². The Kier molecular flexibility index (Phi) is 4.93. The van der Waals surface area contributed by atoms with Gasteiger partial charge >= 0.3 is 12.1 Å². The number of carboxylic acid groups (broad SMARTS) is 1. The molecule has 0 aliphatic carbocycles. The van der Waals surface area contributed by atoms with Crippen LogP contribution in [0.5, 0.6) is 0 Å². The number of alkyl carbamates (subject to hydrolysis) is 1. The molecule has 5 nitrogen and oxygen atoms in total. The highest BCUT2D eigenvalue weighted by Crippen LogP contribution is 2.26. The molecule has 0 aliphatic heterocycles. The fourth-order valence-electron chi connectivity index (χ4n) is 1.88. The van der Waals surface area contributed by atoms with E-state index in [1.807, 2.05) is 0 Å². The van der Waals surface area contributed by atoms with Gasteiger partial charge < -0.3 is 15.2 Å². The molecule has 1 rings (SSSR count). The van der Waals surface area contributed by atoms with Crippen molar-refractivity contribution in [2.75, 3.05) is 0 Å². The number of rotatable bonds is 4. The number of carbonyl (C=O) groups excluding carboxylic acids is 1. The molecule has 0 saturated heterocycles. The normalized spacial score (nSPS) is 14.1. The molecule has 0 aromatic heterocycles. The Morgan fingerprint density at radius 1 is 1.29 bits per heavy atom. The SMILES string of the molecule is CC(C)(C)OC(=O)NC(C)(CC(=O)O)c1cccc(F)c1. The summed E-state index contributed by atoms with van der Waals surface area (Å²) in [6, 6.07) is 5.46. The van der Waals surface area contributed by atoms with Gasteiger partial charge in [-0.05, 0) is 45.4 Å². The second-order valence-electron chi connectivity index (χ2n) is 6.04. The van der Waals surface area contributed by atoms with E-state index in [-0.39, 0.29) is 0 Å². The van der Waals surface area contributed by atoms with Crippen molar-refractivity contribution >= 4 is 12.1 Å². The van der Waals surface area contributed by atoms with Crippen LogP contribution in [0.4, 0.5) is 9.18 Å². The number of carboxylic acids is 1. The zero-order valence-corrected chi connectivity index (χ0v) is 12.6. The van der Waals surface area contributed by atoms with E-state index in [0.29, 0.717) is 5.56 Å². The zero-order valence-electron chi connectivity index (χ0n) is 12.6. The van der Waals surface area contributed by atoms with E-state index < -0.39 is 35.4 Å². The first-order valence-electron chi connectivity index (χ1n) is 6.51. The van der Waals surface area contributed by atoms with Gasteiger partial charge in [0.15, 0.2) is 0 Å². The number of amides is 1. The second-order valence-corrected chi connectivity index (χ2v) is 6.04. The van der Waals surface area contributed by atoms with Crippen LogP contribution in [-0.4, -0.2) is 22.8 Å². The lowest BCUT2D eigenvalue weighted by Crippen LogP contribution is -2.47. The van der Waals surface area contributed by atoms with Crippen LogP contribution in [-0.2, 0) is 15.1 Å². The van der Waals surface area contributed by atoms with Gasteiger partial charge in [-0.3, -0.25) is 4.79 Å². The highest BCUT2D eigenvalue weighted by atomic mass is 19.1. The van der Waals surface area contributed by atoms with Gasteiger partial charge in [0.2, 0.25) is 0 Å². The molecule has 1 amide bonds. The first-order chi connectivity index (χ1) is 9.52. The number of hydrogen-bond acceptors (Lipinski definition) is 3. The third-order valence-electron chi connectivity index (χ3n) is 2.74. The van der Waals surface area contributed by atoms with E-state index >= 15 is 0 Å². The molecule has 6 heteroatoms. The van der Waals surface area contributed by atoms with Gasteiger partial charge in [0.05, 0.1) is 12.0 Å². The maximum absolute atomic E-state index is 13.4. The first-order valence-corrected chi connectivity index (χ1v) is 6.51. The average molecular weight is 297 g/mol. The topological polar surface area (TPSA) is 75.6 Å². The smallest absolute Gasteiger partial charge is 0.408 e. The Hall–Kier alpha value is -2.11. The molecule has 0 heterocycles. The van der Waals surface area contributed by atoms with Crippen LogP contribution < -0.4 is 5.32 Å². The van der Waals surface area contributed by atoms with E-state index in [0.717, 1.165) is 0 Å². The molecule has 0 aliphatic rings. The molecule has 1 aromatic rings. The fourth-order valence-corrected chi connectivity index (χ4v) is 1.88. The third kappa shape index (κ3) is 5.41. The van der Waals surface area contributed by atoms with Crippen molar-refractivity contribution in [3.05, 3.63) is 35.6 Å². The maximum Gasteiger partial charge on any atom is 0.408 e. The van der Waals surface area contributed by atoms with Crippen molar-refractivity contribution in [3.8, 4) is 0 Å². The summed E-state index contributed by atoms with van der Waals surface area (Å²) < 4.78 is 18.5. The number of ether oxygens (including phenoxy) is 1. The number of nitrogens with one attached hydrogen (secondary N) is 1. The van der Waals surface area contributed by atoms with Crippen molar-refractivity contribution in [3.63, 3.8) is 0 Å². The molecule has 2 N–H and O–H groups in total. The molecule has 21 heavy (non-hydrogen) atoms. The Labute approximate surface area is 123 Å². The Morgan fingerprint density at radius 2 is 1.90 bits per heavy atom. The number of benzene rings is 1. The summed E-state index contributed by atoms with van der Waals surface area (Å²) in [4.78, 5) is 22.9. The van der Waals surface area contributed by atoms with Crippen LogP contribution in [0.2, 0.25) is 0 Å². The minimum absolute atomic E-state index is 0.357. The molecule has 0 saturated carbocycles. The number of aliphatic carboxylic acids is 1. The second kappa shape index (κ2) is 6.11. The van der Waals surface area contributed by atoms with Crippen LogP contribution >= 0.6 is 0 Å². The summed E-state index contributed by atoms with van der Waals surface area (Å²) in [5.41, 5.74) is -1.62. The molecule has 0 radical (unpaired) electrons. The van der Waals surface area contributed by atoms with Crippen LogP contribution in [0.1, 0.15) is 39.7 Å². The quantitative estimate of drug-likeness (QED) is 0.895. The number of hydrogen-bond donors (Lipinski definition) is 2.